The summed E-state index contributed by atoms with van der Waals surface area (Å²) in [5, 5.41) is 9.78. The highest BCUT2D eigenvalue weighted by molar-refractivity contribution is 5.91. The number of aromatic nitrogens is 1. The van der Waals surface area contributed by atoms with Crippen molar-refractivity contribution in [2.75, 3.05) is 6.61 Å². The zero-order valence-electron chi connectivity index (χ0n) is 21.6. The molecule has 0 radical (unpaired) electrons. The highest BCUT2D eigenvalue weighted by atomic mass is 16.7. The molecule has 2 heterocycles. The Morgan fingerprint density at radius 3 is 1.71 bits per heavy atom. The van der Waals surface area contributed by atoms with E-state index in [0.717, 1.165) is 10.6 Å². The third-order valence-corrected chi connectivity index (χ3v) is 6.38. The average Bonchev–Trinajstić information content (AvgIpc) is 3.33. The van der Waals surface area contributed by atoms with Crippen molar-refractivity contribution in [3.8, 4) is 5.75 Å². The molecule has 208 valence electrons. The van der Waals surface area contributed by atoms with E-state index in [0.29, 0.717) is 5.56 Å². The SMILES string of the molecule is O=C(OCC1OC(n2ccc(O)cc2=O)C(OC(=O)c2ccccc2)C1OC(=O)c1ccccc1)c1ccccc1. The summed E-state index contributed by atoms with van der Waals surface area (Å²) < 4.78 is 24.3. The third-order valence-electron chi connectivity index (χ3n) is 6.38. The lowest BCUT2D eigenvalue weighted by Crippen LogP contribution is -2.42. The number of esters is 3. The van der Waals surface area contributed by atoms with Crippen LogP contribution in [0.3, 0.4) is 0 Å². The van der Waals surface area contributed by atoms with Gasteiger partial charge in [-0.2, -0.15) is 0 Å². The van der Waals surface area contributed by atoms with Gasteiger partial charge >= 0.3 is 17.9 Å². The number of ether oxygens (including phenoxy) is 4. The fraction of sp³-hybridized carbons (Fsp3) is 0.161. The van der Waals surface area contributed by atoms with Gasteiger partial charge in [0.2, 0.25) is 0 Å². The summed E-state index contributed by atoms with van der Waals surface area (Å²) in [5.74, 6) is -2.41. The number of carbonyl (C=O) groups excluding carboxylic acids is 3. The largest absolute Gasteiger partial charge is 0.508 e. The van der Waals surface area contributed by atoms with Gasteiger partial charge in [-0.05, 0) is 42.5 Å². The first kappa shape index (κ1) is 27.4. The standard InChI is InChI=1S/C31H25NO9/c33-23-16-17-32(25(34)18-23)28-27(41-31(37)22-14-8-3-9-15-22)26(40-30(36)21-12-6-2-7-13-21)24(39-28)19-38-29(35)20-10-4-1-5-11-20/h1-18,24,26-28,33H,19H2. The van der Waals surface area contributed by atoms with Crippen molar-refractivity contribution >= 4 is 17.9 Å². The van der Waals surface area contributed by atoms with Gasteiger partial charge in [0.05, 0.1) is 16.7 Å². The molecule has 4 unspecified atom stereocenters. The Morgan fingerprint density at radius 2 is 1.20 bits per heavy atom. The Bertz CT molecular complexity index is 1570. The van der Waals surface area contributed by atoms with Crippen molar-refractivity contribution in [2.24, 2.45) is 0 Å². The monoisotopic (exact) mass is 555 g/mol. The van der Waals surface area contributed by atoms with Gasteiger partial charge in [0, 0.05) is 12.3 Å². The van der Waals surface area contributed by atoms with Crippen LogP contribution in [-0.4, -0.2) is 52.5 Å². The van der Waals surface area contributed by atoms with Crippen molar-refractivity contribution < 1.29 is 38.4 Å². The van der Waals surface area contributed by atoms with Gasteiger partial charge in [-0.25, -0.2) is 14.4 Å². The van der Waals surface area contributed by atoms with Crippen molar-refractivity contribution in [1.29, 1.82) is 0 Å². The Balaban J connectivity index is 1.49. The number of pyridine rings is 1. The van der Waals surface area contributed by atoms with Crippen LogP contribution in [0.2, 0.25) is 0 Å². The molecule has 1 aromatic heterocycles. The summed E-state index contributed by atoms with van der Waals surface area (Å²) in [6, 6.07) is 26.8. The van der Waals surface area contributed by atoms with Gasteiger partial charge in [0.1, 0.15) is 18.5 Å². The molecule has 1 fully saturated rings. The average molecular weight is 556 g/mol. The predicted molar refractivity (Wildman–Crippen MR) is 144 cm³/mol. The van der Waals surface area contributed by atoms with Gasteiger partial charge in [0.15, 0.2) is 18.4 Å². The number of hydrogen-bond acceptors (Lipinski definition) is 9. The molecule has 4 aromatic rings. The second-order valence-corrected chi connectivity index (χ2v) is 9.13. The predicted octanol–water partition coefficient (Wildman–Crippen LogP) is 3.76. The molecule has 0 amide bonds. The molecule has 1 aliphatic rings. The minimum Gasteiger partial charge on any atom is -0.508 e. The number of rotatable bonds is 8. The quantitative estimate of drug-likeness (QED) is 0.255. The van der Waals surface area contributed by atoms with Crippen LogP contribution in [-0.2, 0) is 18.9 Å². The van der Waals surface area contributed by atoms with Gasteiger partial charge in [-0.3, -0.25) is 9.36 Å². The molecule has 41 heavy (non-hydrogen) atoms. The molecule has 10 heteroatoms. The minimum absolute atomic E-state index is 0.219. The molecule has 5 rings (SSSR count). The van der Waals surface area contributed by atoms with Crippen LogP contribution >= 0.6 is 0 Å². The fourth-order valence-electron chi connectivity index (χ4n) is 4.37. The summed E-state index contributed by atoms with van der Waals surface area (Å²) in [7, 11) is 0. The smallest absolute Gasteiger partial charge is 0.338 e. The van der Waals surface area contributed by atoms with Crippen LogP contribution in [0.15, 0.2) is 114 Å². The number of hydrogen-bond donors (Lipinski definition) is 1. The van der Waals surface area contributed by atoms with Crippen molar-refractivity contribution in [3.05, 3.63) is 136 Å². The van der Waals surface area contributed by atoms with Crippen LogP contribution in [0, 0.1) is 0 Å². The summed E-state index contributed by atoms with van der Waals surface area (Å²) in [4.78, 5) is 51.8. The zero-order chi connectivity index (χ0) is 28.8. The normalized spacial score (nSPS) is 19.7. The molecule has 0 spiro atoms. The van der Waals surface area contributed by atoms with E-state index in [1.165, 1.54) is 12.3 Å². The summed E-state index contributed by atoms with van der Waals surface area (Å²) in [6.07, 6.45) is -3.78. The lowest BCUT2D eigenvalue weighted by Gasteiger charge is -2.25. The van der Waals surface area contributed by atoms with E-state index in [1.807, 2.05) is 0 Å². The van der Waals surface area contributed by atoms with Crippen molar-refractivity contribution in [3.63, 3.8) is 0 Å². The lowest BCUT2D eigenvalue weighted by atomic mass is 10.1. The molecule has 0 saturated carbocycles. The van der Waals surface area contributed by atoms with Crippen LogP contribution in [0.1, 0.15) is 37.3 Å². The van der Waals surface area contributed by atoms with E-state index >= 15 is 0 Å². The molecule has 0 bridgehead atoms. The molecular formula is C31H25NO9. The molecule has 4 atom stereocenters. The number of aromatic hydroxyl groups is 1. The summed E-state index contributed by atoms with van der Waals surface area (Å²) >= 11 is 0. The first-order valence-electron chi connectivity index (χ1n) is 12.7. The van der Waals surface area contributed by atoms with Crippen LogP contribution in [0.4, 0.5) is 0 Å². The molecule has 1 saturated heterocycles. The second kappa shape index (κ2) is 12.3. The lowest BCUT2D eigenvalue weighted by molar-refractivity contribution is -0.0635. The maximum atomic E-state index is 13.1. The van der Waals surface area contributed by atoms with E-state index in [2.05, 4.69) is 0 Å². The van der Waals surface area contributed by atoms with Crippen molar-refractivity contribution in [1.82, 2.24) is 4.57 Å². The second-order valence-electron chi connectivity index (χ2n) is 9.13. The van der Waals surface area contributed by atoms with E-state index < -0.39 is 48.0 Å². The molecule has 1 N–H and O–H groups in total. The van der Waals surface area contributed by atoms with Crippen LogP contribution in [0.5, 0.6) is 5.75 Å². The molecular weight excluding hydrogens is 530 g/mol. The number of carbonyl (C=O) groups is 3. The first-order valence-corrected chi connectivity index (χ1v) is 12.7. The first-order chi connectivity index (χ1) is 19.9. The number of benzene rings is 3. The summed E-state index contributed by atoms with van der Waals surface area (Å²) in [5.41, 5.74) is 0.0785. The zero-order valence-corrected chi connectivity index (χ0v) is 21.6. The van der Waals surface area contributed by atoms with E-state index in [-0.39, 0.29) is 23.5 Å². The highest BCUT2D eigenvalue weighted by Gasteiger charge is 2.51. The molecule has 0 aliphatic carbocycles. The van der Waals surface area contributed by atoms with Crippen LogP contribution in [0.25, 0.3) is 0 Å². The Hall–Kier alpha value is -5.22. The van der Waals surface area contributed by atoms with E-state index in [4.69, 9.17) is 18.9 Å². The van der Waals surface area contributed by atoms with Crippen LogP contribution < -0.4 is 5.56 Å². The third kappa shape index (κ3) is 6.34. The highest BCUT2D eigenvalue weighted by Crippen LogP contribution is 2.35. The van der Waals surface area contributed by atoms with Gasteiger partial charge in [-0.15, -0.1) is 0 Å². The molecule has 10 nitrogen and oxygen atoms in total. The maximum Gasteiger partial charge on any atom is 0.338 e. The topological polar surface area (TPSA) is 130 Å². The Morgan fingerprint density at radius 1 is 0.707 bits per heavy atom. The van der Waals surface area contributed by atoms with Gasteiger partial charge in [0.25, 0.3) is 5.56 Å². The minimum atomic E-state index is -1.34. The molecule has 3 aromatic carbocycles. The fourth-order valence-corrected chi connectivity index (χ4v) is 4.37. The van der Waals surface area contributed by atoms with Gasteiger partial charge in [-0.1, -0.05) is 54.6 Å². The van der Waals surface area contributed by atoms with Gasteiger partial charge < -0.3 is 24.1 Å². The van der Waals surface area contributed by atoms with E-state index in [9.17, 15) is 24.3 Å². The Kier molecular flexibility index (Phi) is 8.21. The van der Waals surface area contributed by atoms with Crippen molar-refractivity contribution in [2.45, 2.75) is 24.5 Å². The van der Waals surface area contributed by atoms with E-state index in [1.54, 1.807) is 91.0 Å². The maximum absolute atomic E-state index is 13.1. The molecule has 1 aliphatic heterocycles. The summed E-state index contributed by atoms with van der Waals surface area (Å²) in [6.45, 7) is -0.386. The number of nitrogens with zero attached hydrogens (tertiary/aromatic N) is 1. The Labute approximate surface area is 234 Å².